The van der Waals surface area contributed by atoms with Gasteiger partial charge in [0.15, 0.2) is 5.13 Å². The summed E-state index contributed by atoms with van der Waals surface area (Å²) in [6.45, 7) is 0. The zero-order valence-corrected chi connectivity index (χ0v) is 10.3. The first-order chi connectivity index (χ1) is 8.36. The van der Waals surface area contributed by atoms with Crippen LogP contribution in [0.5, 0.6) is 0 Å². The SMILES string of the molecule is CNc1nc(Cc2c[nH]c3ccccc23)cs1. The van der Waals surface area contributed by atoms with Crippen LogP contribution in [0.3, 0.4) is 0 Å². The molecule has 0 amide bonds. The summed E-state index contributed by atoms with van der Waals surface area (Å²) in [5, 5.41) is 7.42. The number of aromatic nitrogens is 2. The monoisotopic (exact) mass is 243 g/mol. The molecule has 0 atom stereocenters. The predicted octanol–water partition coefficient (Wildman–Crippen LogP) is 3.26. The molecule has 3 aromatic rings. The number of aromatic amines is 1. The summed E-state index contributed by atoms with van der Waals surface area (Å²) < 4.78 is 0. The minimum Gasteiger partial charge on any atom is -0.365 e. The molecule has 0 aliphatic heterocycles. The molecule has 3 nitrogen and oxygen atoms in total. The predicted molar refractivity (Wildman–Crippen MR) is 72.8 cm³/mol. The molecule has 0 saturated carbocycles. The number of thiazole rings is 1. The number of anilines is 1. The first-order valence-corrected chi connectivity index (χ1v) is 6.42. The van der Waals surface area contributed by atoms with E-state index in [1.54, 1.807) is 11.3 Å². The van der Waals surface area contributed by atoms with Gasteiger partial charge in [0.05, 0.1) is 5.69 Å². The number of nitrogens with one attached hydrogen (secondary N) is 2. The third-order valence-electron chi connectivity index (χ3n) is 2.81. The fourth-order valence-electron chi connectivity index (χ4n) is 1.98. The summed E-state index contributed by atoms with van der Waals surface area (Å²) in [5.74, 6) is 0. The molecule has 0 radical (unpaired) electrons. The van der Waals surface area contributed by atoms with E-state index >= 15 is 0 Å². The van der Waals surface area contributed by atoms with Gasteiger partial charge >= 0.3 is 0 Å². The molecule has 0 saturated heterocycles. The fraction of sp³-hybridized carbons (Fsp3) is 0.154. The average molecular weight is 243 g/mol. The maximum Gasteiger partial charge on any atom is 0.182 e. The van der Waals surface area contributed by atoms with Gasteiger partial charge in [-0.15, -0.1) is 11.3 Å². The third-order valence-corrected chi connectivity index (χ3v) is 3.72. The largest absolute Gasteiger partial charge is 0.365 e. The molecule has 0 spiro atoms. The topological polar surface area (TPSA) is 40.7 Å². The van der Waals surface area contributed by atoms with Crippen molar-refractivity contribution >= 4 is 27.4 Å². The second-order valence-electron chi connectivity index (χ2n) is 3.93. The zero-order chi connectivity index (χ0) is 11.7. The van der Waals surface area contributed by atoms with Crippen molar-refractivity contribution in [2.24, 2.45) is 0 Å². The molecule has 0 aliphatic rings. The van der Waals surface area contributed by atoms with Crippen molar-refractivity contribution in [2.45, 2.75) is 6.42 Å². The minimum absolute atomic E-state index is 0.877. The van der Waals surface area contributed by atoms with Gasteiger partial charge in [-0.2, -0.15) is 0 Å². The van der Waals surface area contributed by atoms with Gasteiger partial charge in [-0.25, -0.2) is 4.98 Å². The molecule has 2 heterocycles. The van der Waals surface area contributed by atoms with E-state index in [9.17, 15) is 0 Å². The van der Waals surface area contributed by atoms with E-state index in [4.69, 9.17) is 0 Å². The fourth-order valence-corrected chi connectivity index (χ4v) is 2.65. The van der Waals surface area contributed by atoms with Crippen molar-refractivity contribution in [1.82, 2.24) is 9.97 Å². The number of hydrogen-bond donors (Lipinski definition) is 2. The second-order valence-corrected chi connectivity index (χ2v) is 4.79. The van der Waals surface area contributed by atoms with Crippen LogP contribution in [-0.4, -0.2) is 17.0 Å². The molecule has 4 heteroatoms. The Morgan fingerprint density at radius 1 is 1.35 bits per heavy atom. The van der Waals surface area contributed by atoms with Gasteiger partial charge in [0.2, 0.25) is 0 Å². The van der Waals surface area contributed by atoms with E-state index in [1.165, 1.54) is 16.5 Å². The summed E-state index contributed by atoms with van der Waals surface area (Å²) >= 11 is 1.64. The Labute approximate surface area is 104 Å². The number of para-hydroxylation sites is 1. The normalized spacial score (nSPS) is 10.9. The van der Waals surface area contributed by atoms with E-state index in [2.05, 4.69) is 45.1 Å². The van der Waals surface area contributed by atoms with Crippen LogP contribution in [0, 0.1) is 0 Å². The maximum absolute atomic E-state index is 4.50. The Hall–Kier alpha value is -1.81. The van der Waals surface area contributed by atoms with Crippen LogP contribution >= 0.6 is 11.3 Å². The van der Waals surface area contributed by atoms with Gasteiger partial charge in [-0.1, -0.05) is 18.2 Å². The van der Waals surface area contributed by atoms with Crippen LogP contribution in [0.25, 0.3) is 10.9 Å². The van der Waals surface area contributed by atoms with E-state index in [0.717, 1.165) is 17.2 Å². The minimum atomic E-state index is 0.877. The van der Waals surface area contributed by atoms with Crippen LogP contribution in [0.15, 0.2) is 35.8 Å². The lowest BCUT2D eigenvalue weighted by atomic mass is 10.1. The third kappa shape index (κ3) is 1.91. The van der Waals surface area contributed by atoms with Crippen molar-refractivity contribution < 1.29 is 0 Å². The van der Waals surface area contributed by atoms with Crippen molar-refractivity contribution in [3.63, 3.8) is 0 Å². The van der Waals surface area contributed by atoms with Gasteiger partial charge in [0, 0.05) is 35.9 Å². The number of fused-ring (bicyclic) bond motifs is 1. The molecule has 0 unspecified atom stereocenters. The molecule has 17 heavy (non-hydrogen) atoms. The molecule has 86 valence electrons. The van der Waals surface area contributed by atoms with Crippen molar-refractivity contribution in [3.05, 3.63) is 47.1 Å². The molecule has 2 N–H and O–H groups in total. The highest BCUT2D eigenvalue weighted by Gasteiger charge is 2.06. The Morgan fingerprint density at radius 3 is 3.06 bits per heavy atom. The average Bonchev–Trinajstić information content (AvgIpc) is 2.97. The highest BCUT2D eigenvalue weighted by Crippen LogP contribution is 2.22. The van der Waals surface area contributed by atoms with E-state index in [1.807, 2.05) is 13.1 Å². The maximum atomic E-state index is 4.50. The van der Waals surface area contributed by atoms with Gasteiger partial charge in [0.1, 0.15) is 0 Å². The summed E-state index contributed by atoms with van der Waals surface area (Å²) in [7, 11) is 1.90. The van der Waals surface area contributed by atoms with Gasteiger partial charge < -0.3 is 10.3 Å². The molecule has 1 aromatic carbocycles. The first kappa shape index (κ1) is 10.4. The van der Waals surface area contributed by atoms with E-state index < -0.39 is 0 Å². The summed E-state index contributed by atoms with van der Waals surface area (Å²) in [4.78, 5) is 7.79. The van der Waals surface area contributed by atoms with Crippen molar-refractivity contribution in [2.75, 3.05) is 12.4 Å². The van der Waals surface area contributed by atoms with Crippen molar-refractivity contribution in [3.8, 4) is 0 Å². The number of H-pyrrole nitrogens is 1. The van der Waals surface area contributed by atoms with Crippen LogP contribution < -0.4 is 5.32 Å². The Kier molecular flexibility index (Phi) is 2.57. The standard InChI is InChI=1S/C13H13N3S/c1-14-13-16-10(8-17-13)6-9-7-15-12-5-3-2-4-11(9)12/h2-5,7-8,15H,6H2,1H3,(H,14,16). The highest BCUT2D eigenvalue weighted by molar-refractivity contribution is 7.13. The summed E-state index contributed by atoms with van der Waals surface area (Å²) in [5.41, 5.74) is 3.60. The number of benzene rings is 1. The smallest absolute Gasteiger partial charge is 0.182 e. The van der Waals surface area contributed by atoms with Gasteiger partial charge in [-0.3, -0.25) is 0 Å². The van der Waals surface area contributed by atoms with Crippen LogP contribution in [0.4, 0.5) is 5.13 Å². The van der Waals surface area contributed by atoms with E-state index in [-0.39, 0.29) is 0 Å². The van der Waals surface area contributed by atoms with Crippen LogP contribution in [0.1, 0.15) is 11.3 Å². The molecular formula is C13H13N3S. The lowest BCUT2D eigenvalue weighted by molar-refractivity contribution is 1.11. The highest BCUT2D eigenvalue weighted by atomic mass is 32.1. The molecule has 0 bridgehead atoms. The van der Waals surface area contributed by atoms with Gasteiger partial charge in [0.25, 0.3) is 0 Å². The van der Waals surface area contributed by atoms with Gasteiger partial charge in [-0.05, 0) is 11.6 Å². The molecule has 2 aromatic heterocycles. The quantitative estimate of drug-likeness (QED) is 0.741. The number of hydrogen-bond acceptors (Lipinski definition) is 3. The molecule has 3 rings (SSSR count). The van der Waals surface area contributed by atoms with Crippen LogP contribution in [0.2, 0.25) is 0 Å². The Balaban J connectivity index is 1.94. The second kappa shape index (κ2) is 4.22. The molecule has 0 aliphatic carbocycles. The number of nitrogens with zero attached hydrogens (tertiary/aromatic N) is 1. The first-order valence-electron chi connectivity index (χ1n) is 5.54. The Bertz CT molecular complexity index is 639. The van der Waals surface area contributed by atoms with Crippen molar-refractivity contribution in [1.29, 1.82) is 0 Å². The summed E-state index contributed by atoms with van der Waals surface area (Å²) in [6, 6.07) is 8.36. The summed E-state index contributed by atoms with van der Waals surface area (Å²) in [6.07, 6.45) is 2.95. The van der Waals surface area contributed by atoms with E-state index in [0.29, 0.717) is 0 Å². The number of rotatable bonds is 3. The van der Waals surface area contributed by atoms with Crippen LogP contribution in [-0.2, 0) is 6.42 Å². The lowest BCUT2D eigenvalue weighted by Crippen LogP contribution is -1.90. The molecular weight excluding hydrogens is 230 g/mol. The lowest BCUT2D eigenvalue weighted by Gasteiger charge is -1.95. The zero-order valence-electron chi connectivity index (χ0n) is 9.53. The molecule has 0 fully saturated rings. The Morgan fingerprint density at radius 2 is 2.24 bits per heavy atom.